The Balaban J connectivity index is 2.36. The normalized spacial score (nSPS) is 11.6. The summed E-state index contributed by atoms with van der Waals surface area (Å²) in [5, 5.41) is 4.20. The number of ether oxygens (including phenoxy) is 1. The number of carbonyl (C=O) groups excluding carboxylic acids is 2. The van der Waals surface area contributed by atoms with Crippen LogP contribution in [0.2, 0.25) is 5.02 Å². The summed E-state index contributed by atoms with van der Waals surface area (Å²) in [6.45, 7) is 1.31. The fourth-order valence-electron chi connectivity index (χ4n) is 2.73. The van der Waals surface area contributed by atoms with Crippen molar-refractivity contribution in [1.29, 1.82) is 0 Å². The maximum Gasteiger partial charge on any atom is 0.419 e. The molecule has 0 aliphatic heterocycles. The zero-order chi connectivity index (χ0) is 19.8. The van der Waals surface area contributed by atoms with Gasteiger partial charge in [-0.25, -0.2) is 9.31 Å². The van der Waals surface area contributed by atoms with Crippen LogP contribution in [-0.2, 0) is 10.9 Å². The molecule has 2 aromatic heterocycles. The highest BCUT2D eigenvalue weighted by Gasteiger charge is 2.43. The first kappa shape index (κ1) is 18.9. The van der Waals surface area contributed by atoms with Gasteiger partial charge in [0.2, 0.25) is 5.78 Å². The van der Waals surface area contributed by atoms with E-state index in [4.69, 9.17) is 16.3 Å². The standard InChI is InChI=1S/C18H12ClF3N2O3/c1-2-27-17(26)13-14(18(20,21)22)12-4-3-9-23-24(12)15(13)16(25)10-5-7-11(19)8-6-10/h3-9H,2H2,1H3. The molecule has 3 rings (SSSR count). The van der Waals surface area contributed by atoms with Crippen LogP contribution in [-0.4, -0.2) is 28.0 Å². The molecule has 0 fully saturated rings. The molecule has 1 aromatic carbocycles. The van der Waals surface area contributed by atoms with Crippen molar-refractivity contribution < 1.29 is 27.5 Å². The first-order valence-corrected chi connectivity index (χ1v) is 8.17. The molecular weight excluding hydrogens is 385 g/mol. The summed E-state index contributed by atoms with van der Waals surface area (Å²) in [5.74, 6) is -2.05. The first-order chi connectivity index (χ1) is 12.8. The van der Waals surface area contributed by atoms with Gasteiger partial charge in [0.1, 0.15) is 11.3 Å². The van der Waals surface area contributed by atoms with Gasteiger partial charge in [-0.05, 0) is 43.3 Å². The summed E-state index contributed by atoms with van der Waals surface area (Å²) < 4.78 is 46.8. The Morgan fingerprint density at radius 2 is 1.85 bits per heavy atom. The SMILES string of the molecule is CCOC(=O)c1c(C(F)(F)F)c2cccnn2c1C(=O)c1ccc(Cl)cc1. The maximum atomic E-state index is 13.7. The van der Waals surface area contributed by atoms with Crippen LogP contribution in [0.1, 0.15) is 38.9 Å². The number of alkyl halides is 3. The molecule has 0 unspecified atom stereocenters. The van der Waals surface area contributed by atoms with Crippen LogP contribution >= 0.6 is 11.6 Å². The van der Waals surface area contributed by atoms with Gasteiger partial charge >= 0.3 is 12.1 Å². The summed E-state index contributed by atoms with van der Waals surface area (Å²) in [6, 6.07) is 7.98. The summed E-state index contributed by atoms with van der Waals surface area (Å²) in [7, 11) is 0. The van der Waals surface area contributed by atoms with Gasteiger partial charge in [0.25, 0.3) is 0 Å². The predicted octanol–water partition coefficient (Wildman–Crippen LogP) is 4.41. The van der Waals surface area contributed by atoms with Crippen LogP contribution in [0.5, 0.6) is 0 Å². The number of hydrogen-bond acceptors (Lipinski definition) is 4. The van der Waals surface area contributed by atoms with E-state index in [0.29, 0.717) is 5.02 Å². The topological polar surface area (TPSA) is 60.7 Å². The molecule has 0 N–H and O–H groups in total. The quantitative estimate of drug-likeness (QED) is 0.484. The van der Waals surface area contributed by atoms with E-state index in [1.165, 1.54) is 43.5 Å². The van der Waals surface area contributed by atoms with Gasteiger partial charge in [-0.15, -0.1) is 0 Å². The number of ketones is 1. The minimum atomic E-state index is -4.89. The summed E-state index contributed by atoms with van der Waals surface area (Å²) in [6.07, 6.45) is -3.67. The van der Waals surface area contributed by atoms with Crippen LogP contribution < -0.4 is 0 Å². The molecule has 0 aliphatic rings. The van der Waals surface area contributed by atoms with Gasteiger partial charge in [-0.1, -0.05) is 11.6 Å². The van der Waals surface area contributed by atoms with E-state index in [2.05, 4.69) is 5.10 Å². The highest BCUT2D eigenvalue weighted by Crippen LogP contribution is 2.39. The number of halogens is 4. The minimum absolute atomic E-state index is 0.0590. The number of hydrogen-bond donors (Lipinski definition) is 0. The van der Waals surface area contributed by atoms with E-state index in [-0.39, 0.29) is 12.2 Å². The van der Waals surface area contributed by atoms with Gasteiger partial charge < -0.3 is 4.74 Å². The Bertz CT molecular complexity index is 1030. The van der Waals surface area contributed by atoms with E-state index in [0.717, 1.165) is 10.6 Å². The molecule has 0 spiro atoms. The van der Waals surface area contributed by atoms with Crippen molar-refractivity contribution in [1.82, 2.24) is 9.61 Å². The van der Waals surface area contributed by atoms with Crippen molar-refractivity contribution in [2.24, 2.45) is 0 Å². The minimum Gasteiger partial charge on any atom is -0.462 e. The Morgan fingerprint density at radius 1 is 1.19 bits per heavy atom. The third-order valence-electron chi connectivity index (χ3n) is 3.79. The lowest BCUT2D eigenvalue weighted by molar-refractivity contribution is -0.136. The Labute approximate surface area is 156 Å². The number of esters is 1. The fraction of sp³-hybridized carbons (Fsp3) is 0.167. The number of aromatic nitrogens is 2. The average molecular weight is 397 g/mol. The lowest BCUT2D eigenvalue weighted by Gasteiger charge is -2.09. The second-order valence-corrected chi connectivity index (χ2v) is 5.91. The lowest BCUT2D eigenvalue weighted by Crippen LogP contribution is -2.17. The van der Waals surface area contributed by atoms with Crippen molar-refractivity contribution in [2.45, 2.75) is 13.1 Å². The molecule has 3 aromatic rings. The molecule has 0 aliphatic carbocycles. The monoisotopic (exact) mass is 396 g/mol. The highest BCUT2D eigenvalue weighted by molar-refractivity contribution is 6.30. The third kappa shape index (κ3) is 3.40. The molecule has 140 valence electrons. The van der Waals surface area contributed by atoms with Crippen molar-refractivity contribution in [3.8, 4) is 0 Å². The molecule has 27 heavy (non-hydrogen) atoms. The largest absolute Gasteiger partial charge is 0.462 e. The van der Waals surface area contributed by atoms with Gasteiger partial charge in [0.05, 0.1) is 17.7 Å². The number of carbonyl (C=O) groups is 2. The lowest BCUT2D eigenvalue weighted by atomic mass is 10.0. The number of rotatable bonds is 4. The maximum absolute atomic E-state index is 13.7. The molecule has 5 nitrogen and oxygen atoms in total. The number of nitrogens with zero attached hydrogens (tertiary/aromatic N) is 2. The Hall–Kier alpha value is -2.87. The zero-order valence-electron chi connectivity index (χ0n) is 13.9. The van der Waals surface area contributed by atoms with Crippen molar-refractivity contribution >= 4 is 28.9 Å². The Kier molecular flexibility index (Phi) is 4.93. The molecular formula is C18H12ClF3N2O3. The number of benzene rings is 1. The van der Waals surface area contributed by atoms with E-state index >= 15 is 0 Å². The molecule has 0 saturated heterocycles. The molecule has 9 heteroatoms. The van der Waals surface area contributed by atoms with E-state index in [1.807, 2.05) is 0 Å². The molecule has 0 radical (unpaired) electrons. The first-order valence-electron chi connectivity index (χ1n) is 7.80. The highest BCUT2D eigenvalue weighted by atomic mass is 35.5. The van der Waals surface area contributed by atoms with Gasteiger partial charge in [-0.3, -0.25) is 4.79 Å². The summed E-state index contributed by atoms with van der Waals surface area (Å²) in [4.78, 5) is 25.3. The van der Waals surface area contributed by atoms with Crippen LogP contribution in [0.15, 0.2) is 42.6 Å². The summed E-state index contributed by atoms with van der Waals surface area (Å²) in [5.41, 5.74) is -2.98. The van der Waals surface area contributed by atoms with Gasteiger partial charge in [0, 0.05) is 16.8 Å². The fourth-order valence-corrected chi connectivity index (χ4v) is 2.85. The van der Waals surface area contributed by atoms with E-state index in [9.17, 15) is 22.8 Å². The molecule has 2 heterocycles. The summed E-state index contributed by atoms with van der Waals surface area (Å²) >= 11 is 5.79. The van der Waals surface area contributed by atoms with Gasteiger partial charge in [0.15, 0.2) is 0 Å². The molecule has 0 bridgehead atoms. The van der Waals surface area contributed by atoms with Crippen LogP contribution in [0.4, 0.5) is 13.2 Å². The number of fused-ring (bicyclic) bond motifs is 1. The van der Waals surface area contributed by atoms with Crippen LogP contribution in [0, 0.1) is 0 Å². The molecule has 0 saturated carbocycles. The second-order valence-electron chi connectivity index (χ2n) is 5.47. The molecule has 0 atom stereocenters. The predicted molar refractivity (Wildman–Crippen MR) is 91.0 cm³/mol. The molecule has 0 amide bonds. The zero-order valence-corrected chi connectivity index (χ0v) is 14.6. The van der Waals surface area contributed by atoms with Crippen molar-refractivity contribution in [2.75, 3.05) is 6.61 Å². The van der Waals surface area contributed by atoms with Crippen LogP contribution in [0.3, 0.4) is 0 Å². The van der Waals surface area contributed by atoms with Crippen molar-refractivity contribution in [3.63, 3.8) is 0 Å². The Morgan fingerprint density at radius 3 is 2.44 bits per heavy atom. The van der Waals surface area contributed by atoms with Gasteiger partial charge in [-0.2, -0.15) is 18.3 Å². The van der Waals surface area contributed by atoms with Crippen molar-refractivity contribution in [3.05, 3.63) is 70.0 Å². The van der Waals surface area contributed by atoms with E-state index < -0.39 is 40.3 Å². The van der Waals surface area contributed by atoms with Crippen LogP contribution in [0.25, 0.3) is 5.52 Å². The second kappa shape index (κ2) is 7.03. The smallest absolute Gasteiger partial charge is 0.419 e. The average Bonchev–Trinajstić information content (AvgIpc) is 2.97. The third-order valence-corrected chi connectivity index (χ3v) is 4.04. The van der Waals surface area contributed by atoms with E-state index in [1.54, 1.807) is 0 Å².